The molecular weight excluding hydrogens is 198 g/mol. The van der Waals surface area contributed by atoms with Crippen LogP contribution in [0.5, 0.6) is 5.75 Å². The molecule has 0 radical (unpaired) electrons. The van der Waals surface area contributed by atoms with E-state index in [9.17, 15) is 8.78 Å². The largest absolute Gasteiger partial charge is 0.505 e. The highest BCUT2D eigenvalue weighted by molar-refractivity contribution is 5.65. The van der Waals surface area contributed by atoms with Crippen molar-refractivity contribution >= 4 is 0 Å². The predicted octanol–water partition coefficient (Wildman–Crippen LogP) is 3.34. The Morgan fingerprint density at radius 3 is 2.40 bits per heavy atom. The van der Waals surface area contributed by atoms with Gasteiger partial charge in [0.25, 0.3) is 0 Å². The first-order chi connectivity index (χ1) is 7.18. The number of benzene rings is 2. The van der Waals surface area contributed by atoms with Crippen LogP contribution in [-0.2, 0) is 0 Å². The smallest absolute Gasteiger partial charge is 0.172 e. The van der Waals surface area contributed by atoms with Gasteiger partial charge in [0.15, 0.2) is 11.6 Å². The molecule has 0 saturated carbocycles. The highest BCUT2D eigenvalue weighted by atomic mass is 19.1. The van der Waals surface area contributed by atoms with E-state index in [1.807, 2.05) is 0 Å². The monoisotopic (exact) mass is 206 g/mol. The van der Waals surface area contributed by atoms with Crippen LogP contribution in [0.4, 0.5) is 8.78 Å². The summed E-state index contributed by atoms with van der Waals surface area (Å²) in [5, 5.41) is 9.16. The van der Waals surface area contributed by atoms with Gasteiger partial charge in [0.05, 0.1) is 0 Å². The summed E-state index contributed by atoms with van der Waals surface area (Å²) in [6.07, 6.45) is 0. The van der Waals surface area contributed by atoms with Crippen LogP contribution >= 0.6 is 0 Å². The number of rotatable bonds is 1. The lowest BCUT2D eigenvalue weighted by molar-refractivity contribution is 0.433. The molecule has 15 heavy (non-hydrogen) atoms. The van der Waals surface area contributed by atoms with Crippen molar-refractivity contribution in [1.82, 2.24) is 0 Å². The van der Waals surface area contributed by atoms with Gasteiger partial charge in [0.2, 0.25) is 0 Å². The predicted molar refractivity (Wildman–Crippen MR) is 53.5 cm³/mol. The fourth-order valence-corrected chi connectivity index (χ4v) is 1.40. The quantitative estimate of drug-likeness (QED) is 0.758. The second kappa shape index (κ2) is 3.69. The Balaban J connectivity index is 2.59. The average molecular weight is 206 g/mol. The third-order valence-electron chi connectivity index (χ3n) is 2.11. The van der Waals surface area contributed by atoms with E-state index >= 15 is 0 Å². The van der Waals surface area contributed by atoms with Gasteiger partial charge in [-0.25, -0.2) is 8.78 Å². The lowest BCUT2D eigenvalue weighted by Crippen LogP contribution is -1.85. The first kappa shape index (κ1) is 9.65. The van der Waals surface area contributed by atoms with E-state index in [4.69, 9.17) is 5.11 Å². The molecule has 3 heteroatoms. The van der Waals surface area contributed by atoms with Gasteiger partial charge in [-0.1, -0.05) is 24.3 Å². The van der Waals surface area contributed by atoms with Crippen molar-refractivity contribution < 1.29 is 13.9 Å². The number of phenolic OH excluding ortho intramolecular Hbond substituents is 1. The molecule has 2 aromatic carbocycles. The second-order valence-electron chi connectivity index (χ2n) is 3.15. The Hall–Kier alpha value is -1.90. The summed E-state index contributed by atoms with van der Waals surface area (Å²) in [6, 6.07) is 9.83. The molecule has 0 bridgehead atoms. The van der Waals surface area contributed by atoms with Crippen LogP contribution < -0.4 is 0 Å². The first-order valence-corrected chi connectivity index (χ1v) is 4.42. The molecule has 0 atom stereocenters. The molecule has 0 saturated heterocycles. The number of halogens is 2. The molecular formula is C12H8F2O. The van der Waals surface area contributed by atoms with Crippen molar-refractivity contribution in [2.75, 3.05) is 0 Å². The molecule has 0 heterocycles. The Morgan fingerprint density at radius 2 is 1.67 bits per heavy atom. The Kier molecular flexibility index (Phi) is 2.37. The summed E-state index contributed by atoms with van der Waals surface area (Å²) in [6.45, 7) is 0. The van der Waals surface area contributed by atoms with Gasteiger partial charge < -0.3 is 5.11 Å². The minimum atomic E-state index is -0.733. The fraction of sp³-hybridized carbons (Fsp3) is 0. The SMILES string of the molecule is Oc1cccc(-c2cccc(F)c2)c1F. The molecule has 0 aromatic heterocycles. The molecule has 1 nitrogen and oxygen atoms in total. The summed E-state index contributed by atoms with van der Waals surface area (Å²) < 4.78 is 26.3. The summed E-state index contributed by atoms with van der Waals surface area (Å²) in [5.41, 5.74) is 0.595. The normalized spacial score (nSPS) is 10.3. The maximum atomic E-state index is 13.4. The van der Waals surface area contributed by atoms with Crippen LogP contribution in [0.15, 0.2) is 42.5 Å². The molecule has 0 unspecified atom stereocenters. The highest BCUT2D eigenvalue weighted by Gasteiger charge is 2.08. The number of hydrogen-bond donors (Lipinski definition) is 1. The Bertz CT molecular complexity index is 495. The Morgan fingerprint density at radius 1 is 0.933 bits per heavy atom. The van der Waals surface area contributed by atoms with Crippen LogP contribution in [0.2, 0.25) is 0 Å². The van der Waals surface area contributed by atoms with Crippen LogP contribution in [0.25, 0.3) is 11.1 Å². The van der Waals surface area contributed by atoms with Crippen LogP contribution in [0.3, 0.4) is 0 Å². The van der Waals surface area contributed by atoms with E-state index in [0.717, 1.165) is 0 Å². The molecule has 0 aliphatic heterocycles. The van der Waals surface area contributed by atoms with Crippen molar-refractivity contribution in [3.8, 4) is 16.9 Å². The van der Waals surface area contributed by atoms with Gasteiger partial charge in [-0.15, -0.1) is 0 Å². The standard InChI is InChI=1S/C12H8F2O/c13-9-4-1-3-8(7-9)10-5-2-6-11(15)12(10)14/h1-7,15H. The zero-order chi connectivity index (χ0) is 10.8. The molecule has 76 valence electrons. The van der Waals surface area contributed by atoms with Crippen molar-refractivity contribution in [2.45, 2.75) is 0 Å². The lowest BCUT2D eigenvalue weighted by Gasteiger charge is -2.04. The van der Waals surface area contributed by atoms with Crippen molar-refractivity contribution in [2.24, 2.45) is 0 Å². The third kappa shape index (κ3) is 1.81. The van der Waals surface area contributed by atoms with Crippen LogP contribution in [-0.4, -0.2) is 5.11 Å². The van der Waals surface area contributed by atoms with Gasteiger partial charge >= 0.3 is 0 Å². The molecule has 1 N–H and O–H groups in total. The maximum absolute atomic E-state index is 13.4. The summed E-state index contributed by atoms with van der Waals surface area (Å²) in [7, 11) is 0. The summed E-state index contributed by atoms with van der Waals surface area (Å²) in [5.74, 6) is -1.60. The van der Waals surface area contributed by atoms with E-state index in [2.05, 4.69) is 0 Å². The molecule has 0 fully saturated rings. The topological polar surface area (TPSA) is 20.2 Å². The lowest BCUT2D eigenvalue weighted by atomic mass is 10.0. The number of phenols is 1. The van der Waals surface area contributed by atoms with E-state index in [-0.39, 0.29) is 5.56 Å². The average Bonchev–Trinajstić information content (AvgIpc) is 2.22. The van der Waals surface area contributed by atoms with E-state index in [1.54, 1.807) is 6.07 Å². The van der Waals surface area contributed by atoms with Crippen molar-refractivity contribution in [3.63, 3.8) is 0 Å². The van der Waals surface area contributed by atoms with Gasteiger partial charge in [-0.2, -0.15) is 0 Å². The molecule has 0 amide bonds. The van der Waals surface area contributed by atoms with E-state index in [0.29, 0.717) is 5.56 Å². The first-order valence-electron chi connectivity index (χ1n) is 4.42. The highest BCUT2D eigenvalue weighted by Crippen LogP contribution is 2.28. The van der Waals surface area contributed by atoms with Gasteiger partial charge in [-0.3, -0.25) is 0 Å². The summed E-state index contributed by atoms with van der Waals surface area (Å²) >= 11 is 0. The van der Waals surface area contributed by atoms with Crippen LogP contribution in [0.1, 0.15) is 0 Å². The van der Waals surface area contributed by atoms with Gasteiger partial charge in [0.1, 0.15) is 5.82 Å². The Labute approximate surface area is 85.6 Å². The summed E-state index contributed by atoms with van der Waals surface area (Å²) in [4.78, 5) is 0. The van der Waals surface area contributed by atoms with Gasteiger partial charge in [0, 0.05) is 5.56 Å². The van der Waals surface area contributed by atoms with Crippen molar-refractivity contribution in [1.29, 1.82) is 0 Å². The van der Waals surface area contributed by atoms with Crippen molar-refractivity contribution in [3.05, 3.63) is 54.1 Å². The minimum Gasteiger partial charge on any atom is -0.505 e. The second-order valence-corrected chi connectivity index (χ2v) is 3.15. The molecule has 0 spiro atoms. The fourth-order valence-electron chi connectivity index (χ4n) is 1.40. The molecule has 2 aromatic rings. The number of aromatic hydroxyl groups is 1. The zero-order valence-electron chi connectivity index (χ0n) is 7.74. The van der Waals surface area contributed by atoms with E-state index < -0.39 is 17.4 Å². The van der Waals surface area contributed by atoms with Crippen LogP contribution in [0, 0.1) is 11.6 Å². The van der Waals surface area contributed by atoms with E-state index in [1.165, 1.54) is 36.4 Å². The molecule has 0 aliphatic carbocycles. The minimum absolute atomic E-state index is 0.189. The third-order valence-corrected chi connectivity index (χ3v) is 2.11. The molecule has 2 rings (SSSR count). The molecule has 0 aliphatic rings. The van der Waals surface area contributed by atoms with Gasteiger partial charge in [-0.05, 0) is 23.8 Å². The number of hydrogen-bond acceptors (Lipinski definition) is 1. The zero-order valence-corrected chi connectivity index (χ0v) is 7.74. The maximum Gasteiger partial charge on any atom is 0.172 e.